The van der Waals surface area contributed by atoms with Crippen molar-refractivity contribution in [3.05, 3.63) is 48.0 Å². The van der Waals surface area contributed by atoms with Crippen LogP contribution in [-0.2, 0) is 18.4 Å². The van der Waals surface area contributed by atoms with Gasteiger partial charge in [-0.3, -0.25) is 9.69 Å². The van der Waals surface area contributed by atoms with Gasteiger partial charge in [-0.05, 0) is 17.7 Å². The van der Waals surface area contributed by atoms with Crippen molar-refractivity contribution in [2.75, 3.05) is 13.1 Å². The van der Waals surface area contributed by atoms with Crippen LogP contribution in [0.25, 0.3) is 21.8 Å². The van der Waals surface area contributed by atoms with Gasteiger partial charge in [-0.25, -0.2) is 0 Å². The van der Waals surface area contributed by atoms with Crippen LogP contribution in [-0.4, -0.2) is 33.6 Å². The summed E-state index contributed by atoms with van der Waals surface area (Å²) >= 11 is 0. The Bertz CT molecular complexity index is 875. The van der Waals surface area contributed by atoms with Crippen molar-refractivity contribution in [1.82, 2.24) is 9.47 Å². The fourth-order valence-corrected chi connectivity index (χ4v) is 3.42. The van der Waals surface area contributed by atoms with Gasteiger partial charge in [-0.15, -0.1) is 0 Å². The van der Waals surface area contributed by atoms with Crippen molar-refractivity contribution in [2.24, 2.45) is 13.0 Å². The molecule has 0 bridgehead atoms. The molecule has 0 radical (unpaired) electrons. The molecule has 1 fully saturated rings. The molecule has 1 aromatic heterocycles. The molecule has 1 saturated heterocycles. The Labute approximate surface area is 128 Å². The van der Waals surface area contributed by atoms with Crippen LogP contribution in [0.15, 0.2) is 42.5 Å². The monoisotopic (exact) mass is 294 g/mol. The van der Waals surface area contributed by atoms with Crippen LogP contribution in [0.4, 0.5) is 0 Å². The average molecular weight is 294 g/mol. The summed E-state index contributed by atoms with van der Waals surface area (Å²) in [6.07, 6.45) is 0. The van der Waals surface area contributed by atoms with Gasteiger partial charge in [0.1, 0.15) is 0 Å². The molecule has 4 rings (SSSR count). The Morgan fingerprint density at radius 3 is 2.64 bits per heavy atom. The summed E-state index contributed by atoms with van der Waals surface area (Å²) in [5, 5.41) is 11.5. The molecular formula is C18H18N2O2. The molecule has 0 spiro atoms. The summed E-state index contributed by atoms with van der Waals surface area (Å²) in [6.45, 7) is 2.13. The van der Waals surface area contributed by atoms with Crippen LogP contribution in [0, 0.1) is 5.92 Å². The molecule has 3 aromatic rings. The van der Waals surface area contributed by atoms with Crippen molar-refractivity contribution < 1.29 is 9.90 Å². The number of fused-ring (bicyclic) bond motifs is 3. The molecule has 0 unspecified atom stereocenters. The molecule has 0 atom stereocenters. The first-order valence-electron chi connectivity index (χ1n) is 7.54. The highest BCUT2D eigenvalue weighted by atomic mass is 16.4. The molecule has 0 amide bonds. The highest BCUT2D eigenvalue weighted by molar-refractivity contribution is 6.08. The van der Waals surface area contributed by atoms with Gasteiger partial charge in [0.25, 0.3) is 0 Å². The highest BCUT2D eigenvalue weighted by Crippen LogP contribution is 2.29. The molecule has 2 aromatic carbocycles. The summed E-state index contributed by atoms with van der Waals surface area (Å²) < 4.78 is 2.23. The number of carbonyl (C=O) groups is 1. The number of likely N-dealkylation sites (tertiary alicyclic amines) is 1. The number of nitrogens with zero attached hydrogens (tertiary/aromatic N) is 2. The summed E-state index contributed by atoms with van der Waals surface area (Å²) in [6, 6.07) is 15.0. The van der Waals surface area contributed by atoms with Gasteiger partial charge >= 0.3 is 5.97 Å². The standard InChI is InChI=1S/C18H18N2O2/c1-19-16-5-3-2-4-14(16)15-7-6-12(8-17(15)19)9-20-10-13(11-20)18(21)22/h2-8,13H,9-11H2,1H3,(H,21,22). The maximum atomic E-state index is 10.9. The molecule has 112 valence electrons. The number of aliphatic carboxylic acids is 1. The smallest absolute Gasteiger partial charge is 0.309 e. The van der Waals surface area contributed by atoms with Gasteiger partial charge in [-0.1, -0.05) is 30.3 Å². The lowest BCUT2D eigenvalue weighted by Crippen LogP contribution is -2.49. The molecular weight excluding hydrogens is 276 g/mol. The van der Waals surface area contributed by atoms with Crippen molar-refractivity contribution in [2.45, 2.75) is 6.54 Å². The summed E-state index contributed by atoms with van der Waals surface area (Å²) in [5.74, 6) is -0.873. The maximum Gasteiger partial charge on any atom is 0.309 e. The van der Waals surface area contributed by atoms with Crippen molar-refractivity contribution in [3.63, 3.8) is 0 Å². The predicted octanol–water partition coefficient (Wildman–Crippen LogP) is 2.85. The lowest BCUT2D eigenvalue weighted by molar-refractivity contribution is -0.147. The Morgan fingerprint density at radius 1 is 1.14 bits per heavy atom. The van der Waals surface area contributed by atoms with Crippen LogP contribution in [0.5, 0.6) is 0 Å². The Balaban J connectivity index is 1.65. The van der Waals surface area contributed by atoms with Crippen molar-refractivity contribution in [1.29, 1.82) is 0 Å². The van der Waals surface area contributed by atoms with E-state index in [-0.39, 0.29) is 5.92 Å². The Morgan fingerprint density at radius 2 is 1.86 bits per heavy atom. The summed E-state index contributed by atoms with van der Waals surface area (Å²) in [5.41, 5.74) is 3.71. The topological polar surface area (TPSA) is 45.5 Å². The minimum Gasteiger partial charge on any atom is -0.481 e. The molecule has 1 aliphatic heterocycles. The van der Waals surface area contributed by atoms with Gasteiger partial charge in [-0.2, -0.15) is 0 Å². The molecule has 22 heavy (non-hydrogen) atoms. The number of carboxylic acid groups (broad SMARTS) is 1. The lowest BCUT2D eigenvalue weighted by atomic mass is 9.99. The first-order chi connectivity index (χ1) is 10.6. The van der Waals surface area contributed by atoms with Gasteiger partial charge in [0.2, 0.25) is 0 Å². The molecule has 4 nitrogen and oxygen atoms in total. The fourth-order valence-electron chi connectivity index (χ4n) is 3.42. The second kappa shape index (κ2) is 4.85. The third kappa shape index (κ3) is 1.99. The van der Waals surface area contributed by atoms with E-state index in [1.807, 2.05) is 0 Å². The molecule has 1 N–H and O–H groups in total. The van der Waals surface area contributed by atoms with E-state index < -0.39 is 5.97 Å². The second-order valence-corrected chi connectivity index (χ2v) is 6.16. The van der Waals surface area contributed by atoms with E-state index in [0.717, 1.165) is 6.54 Å². The number of hydrogen-bond acceptors (Lipinski definition) is 2. The summed E-state index contributed by atoms with van der Waals surface area (Å²) in [4.78, 5) is 13.1. The second-order valence-electron chi connectivity index (χ2n) is 6.16. The maximum absolute atomic E-state index is 10.9. The molecule has 0 saturated carbocycles. The third-order valence-corrected chi connectivity index (χ3v) is 4.69. The van der Waals surface area contributed by atoms with Crippen LogP contribution in [0.3, 0.4) is 0 Å². The SMILES string of the molecule is Cn1c2ccccc2c2ccc(CN3CC(C(=O)O)C3)cc21. The zero-order valence-electron chi connectivity index (χ0n) is 12.5. The third-order valence-electron chi connectivity index (χ3n) is 4.69. The van der Waals surface area contributed by atoms with E-state index in [1.54, 1.807) is 0 Å². The number of aryl methyl sites for hydroxylation is 1. The van der Waals surface area contributed by atoms with E-state index >= 15 is 0 Å². The zero-order chi connectivity index (χ0) is 15.3. The number of hydrogen-bond donors (Lipinski definition) is 1. The Hall–Kier alpha value is -2.33. The van der Waals surface area contributed by atoms with Gasteiger partial charge in [0.15, 0.2) is 0 Å². The highest BCUT2D eigenvalue weighted by Gasteiger charge is 2.32. The van der Waals surface area contributed by atoms with Crippen molar-refractivity contribution >= 4 is 27.8 Å². The fraction of sp³-hybridized carbons (Fsp3) is 0.278. The largest absolute Gasteiger partial charge is 0.481 e. The number of para-hydroxylation sites is 1. The first kappa shape index (κ1) is 13.3. The van der Waals surface area contributed by atoms with Gasteiger partial charge in [0.05, 0.1) is 5.92 Å². The summed E-state index contributed by atoms with van der Waals surface area (Å²) in [7, 11) is 2.10. The molecule has 2 heterocycles. The van der Waals surface area contributed by atoms with E-state index in [4.69, 9.17) is 5.11 Å². The van der Waals surface area contributed by atoms with Crippen LogP contribution in [0.2, 0.25) is 0 Å². The van der Waals surface area contributed by atoms with Gasteiger partial charge < -0.3 is 9.67 Å². The zero-order valence-corrected chi connectivity index (χ0v) is 12.5. The van der Waals surface area contributed by atoms with Crippen LogP contribution in [0.1, 0.15) is 5.56 Å². The molecule has 4 heteroatoms. The number of carboxylic acids is 1. The molecule has 0 aliphatic carbocycles. The van der Waals surface area contributed by atoms with Gasteiger partial charge in [0, 0.05) is 48.5 Å². The van der Waals surface area contributed by atoms with E-state index in [1.165, 1.54) is 27.4 Å². The first-order valence-corrected chi connectivity index (χ1v) is 7.54. The minimum atomic E-state index is -0.680. The minimum absolute atomic E-state index is 0.193. The van der Waals surface area contributed by atoms with Crippen molar-refractivity contribution in [3.8, 4) is 0 Å². The number of aromatic nitrogens is 1. The van der Waals surface area contributed by atoms with E-state index in [0.29, 0.717) is 13.1 Å². The Kier molecular flexibility index (Phi) is 2.94. The normalized spacial score (nSPS) is 16.2. The van der Waals surface area contributed by atoms with Crippen LogP contribution >= 0.6 is 0 Å². The van der Waals surface area contributed by atoms with Crippen LogP contribution < -0.4 is 0 Å². The predicted molar refractivity (Wildman–Crippen MR) is 86.8 cm³/mol. The number of benzene rings is 2. The number of rotatable bonds is 3. The average Bonchev–Trinajstić information content (AvgIpc) is 2.76. The lowest BCUT2D eigenvalue weighted by Gasteiger charge is -2.36. The molecule has 1 aliphatic rings. The van der Waals surface area contributed by atoms with E-state index in [9.17, 15) is 4.79 Å². The quantitative estimate of drug-likeness (QED) is 0.808. The van der Waals surface area contributed by atoms with E-state index in [2.05, 4.69) is 59.0 Å².